The van der Waals surface area contributed by atoms with Gasteiger partial charge in [-0.25, -0.2) is 0 Å². The average Bonchev–Trinajstić information content (AvgIpc) is 2.41. The van der Waals surface area contributed by atoms with Crippen molar-refractivity contribution >= 4 is 11.8 Å². The van der Waals surface area contributed by atoms with E-state index in [0.29, 0.717) is 18.5 Å². The number of hydrogen-bond acceptors (Lipinski definition) is 3. The van der Waals surface area contributed by atoms with Crippen LogP contribution in [0, 0.1) is 0 Å². The maximum Gasteiger partial charge on any atom is 0.270 e. The molecular formula is C14H19N3O2. The van der Waals surface area contributed by atoms with Gasteiger partial charge in [0.05, 0.1) is 0 Å². The molecule has 2 heterocycles. The molecule has 5 heteroatoms. The highest BCUT2D eigenvalue weighted by atomic mass is 16.2. The van der Waals surface area contributed by atoms with Gasteiger partial charge in [-0.05, 0) is 31.4 Å². The van der Waals surface area contributed by atoms with Crippen LogP contribution in [0.4, 0.5) is 0 Å². The van der Waals surface area contributed by atoms with Crippen molar-refractivity contribution in [2.24, 2.45) is 0 Å². The highest BCUT2D eigenvalue weighted by Crippen LogP contribution is 2.12. The number of aromatic nitrogens is 1. The number of aryl methyl sites for hydroxylation is 1. The first kappa shape index (κ1) is 13.5. The summed E-state index contributed by atoms with van der Waals surface area (Å²) < 4.78 is 0. The predicted molar refractivity (Wildman–Crippen MR) is 71.7 cm³/mol. The van der Waals surface area contributed by atoms with Gasteiger partial charge in [0.1, 0.15) is 5.69 Å². The smallest absolute Gasteiger partial charge is 0.270 e. The second-order valence-corrected chi connectivity index (χ2v) is 4.84. The zero-order valence-corrected chi connectivity index (χ0v) is 11.3. The van der Waals surface area contributed by atoms with Crippen LogP contribution in [-0.2, 0) is 11.2 Å². The molecule has 1 aromatic rings. The van der Waals surface area contributed by atoms with E-state index in [1.165, 1.54) is 0 Å². The minimum atomic E-state index is -0.162. The van der Waals surface area contributed by atoms with Crippen LogP contribution >= 0.6 is 0 Å². The number of nitrogens with one attached hydrogen (secondary N) is 2. The van der Waals surface area contributed by atoms with Crippen molar-refractivity contribution < 1.29 is 9.59 Å². The number of piperidine rings is 1. The van der Waals surface area contributed by atoms with Gasteiger partial charge in [0.25, 0.3) is 5.91 Å². The Morgan fingerprint density at radius 1 is 1.58 bits per heavy atom. The van der Waals surface area contributed by atoms with Crippen molar-refractivity contribution in [3.63, 3.8) is 0 Å². The predicted octanol–water partition coefficient (Wildman–Crippen LogP) is 1.04. The lowest BCUT2D eigenvalue weighted by molar-refractivity contribution is -0.123. The van der Waals surface area contributed by atoms with Crippen molar-refractivity contribution in [2.45, 2.75) is 45.2 Å². The van der Waals surface area contributed by atoms with E-state index >= 15 is 0 Å². The highest BCUT2D eigenvalue weighted by molar-refractivity contribution is 5.94. The quantitative estimate of drug-likeness (QED) is 0.854. The molecule has 2 rings (SSSR count). The monoisotopic (exact) mass is 261 g/mol. The van der Waals surface area contributed by atoms with E-state index in [2.05, 4.69) is 15.6 Å². The van der Waals surface area contributed by atoms with Gasteiger partial charge in [0, 0.05) is 24.7 Å². The minimum absolute atomic E-state index is 0.0306. The molecule has 0 radical (unpaired) electrons. The third-order valence-electron chi connectivity index (χ3n) is 3.48. The Morgan fingerprint density at radius 2 is 2.37 bits per heavy atom. The van der Waals surface area contributed by atoms with Crippen LogP contribution in [-0.4, -0.2) is 28.9 Å². The first-order valence-electron chi connectivity index (χ1n) is 6.66. The second-order valence-electron chi connectivity index (χ2n) is 4.84. The number of pyridine rings is 1. The molecule has 0 saturated carbocycles. The van der Waals surface area contributed by atoms with E-state index in [0.717, 1.165) is 12.0 Å². The molecule has 2 atom stereocenters. The van der Waals surface area contributed by atoms with E-state index in [9.17, 15) is 9.59 Å². The fraction of sp³-hybridized carbons (Fsp3) is 0.500. The average molecular weight is 261 g/mol. The Hall–Kier alpha value is -1.91. The second kappa shape index (κ2) is 5.82. The summed E-state index contributed by atoms with van der Waals surface area (Å²) in [4.78, 5) is 27.6. The Labute approximate surface area is 112 Å². The maximum atomic E-state index is 12.2. The summed E-state index contributed by atoms with van der Waals surface area (Å²) in [5.41, 5.74) is 1.42. The lowest BCUT2D eigenvalue weighted by atomic mass is 9.99. The van der Waals surface area contributed by atoms with Crippen LogP contribution in [0.1, 0.15) is 42.7 Å². The summed E-state index contributed by atoms with van der Waals surface area (Å²) >= 11 is 0. The number of hydrogen-bond donors (Lipinski definition) is 2. The molecular weight excluding hydrogens is 242 g/mol. The van der Waals surface area contributed by atoms with Crippen molar-refractivity contribution in [1.29, 1.82) is 0 Å². The summed E-state index contributed by atoms with van der Waals surface area (Å²) in [7, 11) is 0. The molecule has 0 aromatic carbocycles. The largest absolute Gasteiger partial charge is 0.352 e. The SMILES string of the molecule is CCc1cccnc1C(=O)NC1CCC(=O)NC1C. The molecule has 5 nitrogen and oxygen atoms in total. The van der Waals surface area contributed by atoms with Crippen molar-refractivity contribution in [1.82, 2.24) is 15.6 Å². The Morgan fingerprint density at radius 3 is 3.05 bits per heavy atom. The van der Waals surface area contributed by atoms with Crippen LogP contribution in [0.15, 0.2) is 18.3 Å². The molecule has 1 aliphatic heterocycles. The zero-order chi connectivity index (χ0) is 13.8. The lowest BCUT2D eigenvalue weighted by Crippen LogP contribution is -2.54. The van der Waals surface area contributed by atoms with E-state index in [1.54, 1.807) is 6.20 Å². The Balaban J connectivity index is 2.06. The number of nitrogens with zero attached hydrogens (tertiary/aromatic N) is 1. The Kier molecular flexibility index (Phi) is 4.14. The molecule has 2 unspecified atom stereocenters. The van der Waals surface area contributed by atoms with Crippen molar-refractivity contribution in [3.05, 3.63) is 29.6 Å². The molecule has 2 N–H and O–H groups in total. The molecule has 2 amide bonds. The molecule has 102 valence electrons. The van der Waals surface area contributed by atoms with E-state index in [-0.39, 0.29) is 23.9 Å². The molecule has 1 aliphatic rings. The molecule has 0 aliphatic carbocycles. The maximum absolute atomic E-state index is 12.2. The highest BCUT2D eigenvalue weighted by Gasteiger charge is 2.27. The van der Waals surface area contributed by atoms with Crippen LogP contribution in [0.5, 0.6) is 0 Å². The van der Waals surface area contributed by atoms with E-state index in [1.807, 2.05) is 26.0 Å². The summed E-state index contributed by atoms with van der Waals surface area (Å²) in [6.45, 7) is 3.90. The normalized spacial score (nSPS) is 22.7. The van der Waals surface area contributed by atoms with Crippen LogP contribution < -0.4 is 10.6 Å². The Bertz CT molecular complexity index is 487. The first-order valence-corrected chi connectivity index (χ1v) is 6.66. The van der Waals surface area contributed by atoms with Crippen LogP contribution in [0.25, 0.3) is 0 Å². The molecule has 0 spiro atoms. The van der Waals surface area contributed by atoms with Gasteiger partial charge in [0.15, 0.2) is 0 Å². The van der Waals surface area contributed by atoms with Gasteiger partial charge in [-0.2, -0.15) is 0 Å². The molecule has 0 bridgehead atoms. The van der Waals surface area contributed by atoms with Gasteiger partial charge in [0.2, 0.25) is 5.91 Å². The van der Waals surface area contributed by atoms with Gasteiger partial charge < -0.3 is 10.6 Å². The third kappa shape index (κ3) is 3.10. The molecule has 1 saturated heterocycles. The number of rotatable bonds is 3. The molecule has 19 heavy (non-hydrogen) atoms. The number of amides is 2. The van der Waals surface area contributed by atoms with Crippen molar-refractivity contribution in [3.8, 4) is 0 Å². The van der Waals surface area contributed by atoms with Gasteiger partial charge >= 0.3 is 0 Å². The fourth-order valence-corrected chi connectivity index (χ4v) is 2.33. The third-order valence-corrected chi connectivity index (χ3v) is 3.48. The lowest BCUT2D eigenvalue weighted by Gasteiger charge is -2.30. The van der Waals surface area contributed by atoms with Gasteiger partial charge in [-0.3, -0.25) is 14.6 Å². The summed E-state index contributed by atoms with van der Waals surface area (Å²) in [5.74, 6) is -0.115. The molecule has 1 aromatic heterocycles. The molecule has 1 fully saturated rings. The summed E-state index contributed by atoms with van der Waals surface area (Å²) in [5, 5.41) is 5.80. The first-order chi connectivity index (χ1) is 9.11. The van der Waals surface area contributed by atoms with E-state index < -0.39 is 0 Å². The fourth-order valence-electron chi connectivity index (χ4n) is 2.33. The van der Waals surface area contributed by atoms with E-state index in [4.69, 9.17) is 0 Å². The van der Waals surface area contributed by atoms with Gasteiger partial charge in [-0.1, -0.05) is 13.0 Å². The summed E-state index contributed by atoms with van der Waals surface area (Å²) in [6.07, 6.45) is 3.53. The number of carbonyl (C=O) groups is 2. The van der Waals surface area contributed by atoms with Crippen LogP contribution in [0.2, 0.25) is 0 Å². The van der Waals surface area contributed by atoms with Crippen molar-refractivity contribution in [2.75, 3.05) is 0 Å². The zero-order valence-electron chi connectivity index (χ0n) is 11.3. The van der Waals surface area contributed by atoms with Gasteiger partial charge in [-0.15, -0.1) is 0 Å². The van der Waals surface area contributed by atoms with Crippen LogP contribution in [0.3, 0.4) is 0 Å². The minimum Gasteiger partial charge on any atom is -0.352 e. The topological polar surface area (TPSA) is 71.1 Å². The summed E-state index contributed by atoms with van der Waals surface area (Å²) in [6, 6.07) is 3.67. The number of carbonyl (C=O) groups excluding carboxylic acids is 2. The standard InChI is InChI=1S/C14H19N3O2/c1-3-10-5-4-8-15-13(10)14(19)17-11-6-7-12(18)16-9(11)2/h4-5,8-9,11H,3,6-7H2,1-2H3,(H,16,18)(H,17,19).